The number of halogens is 1. The van der Waals surface area contributed by atoms with Crippen LogP contribution in [-0.4, -0.2) is 26.2 Å². The van der Waals surface area contributed by atoms with Gasteiger partial charge in [-0.25, -0.2) is 14.4 Å². The summed E-state index contributed by atoms with van der Waals surface area (Å²) in [4.78, 5) is 20.4. The lowest BCUT2D eigenvalue weighted by molar-refractivity contribution is -0.137. The summed E-state index contributed by atoms with van der Waals surface area (Å²) in [7, 11) is 0. The summed E-state index contributed by atoms with van der Waals surface area (Å²) < 4.78 is 13.5. The van der Waals surface area contributed by atoms with E-state index in [1.165, 1.54) is 12.1 Å². The Labute approximate surface area is 207 Å². The average Bonchev–Trinajstić information content (AvgIpc) is 2.89. The van der Waals surface area contributed by atoms with Gasteiger partial charge >= 0.3 is 5.97 Å². The molecule has 7 nitrogen and oxygen atoms in total. The highest BCUT2D eigenvalue weighted by molar-refractivity contribution is 5.79. The minimum absolute atomic E-state index is 0.0775. The smallest absolute Gasteiger partial charge is 0.303 e. The summed E-state index contributed by atoms with van der Waals surface area (Å²) in [6.45, 7) is 0.412. The van der Waals surface area contributed by atoms with Gasteiger partial charge in [0.1, 0.15) is 12.0 Å². The number of unbranched alkanes of at least 4 members (excludes halogenated alkanes) is 1. The van der Waals surface area contributed by atoms with E-state index in [1.54, 1.807) is 42.5 Å². The van der Waals surface area contributed by atoms with E-state index in [2.05, 4.69) is 11.4 Å². The zero-order chi connectivity index (χ0) is 25.5. The fourth-order valence-corrected chi connectivity index (χ4v) is 3.89. The highest BCUT2D eigenvalue weighted by Gasteiger charge is 2.14. The third kappa shape index (κ3) is 6.27. The number of aliphatic hydroxyl groups excluding tert-OH is 1. The quantitative estimate of drug-likeness (QED) is 0.217. The number of carbonyl (C=O) groups is 1. The average molecular weight is 485 g/mol. The molecular weight excluding hydrogens is 459 g/mol. The molecule has 0 aliphatic rings. The number of nitrogens with zero attached hydrogens (tertiary/aromatic N) is 3. The van der Waals surface area contributed by atoms with Gasteiger partial charge in [-0.1, -0.05) is 18.2 Å². The van der Waals surface area contributed by atoms with Crippen molar-refractivity contribution >= 4 is 17.0 Å². The molecule has 36 heavy (non-hydrogen) atoms. The maximum Gasteiger partial charge on any atom is 0.303 e. The minimum Gasteiger partial charge on any atom is -0.481 e. The molecule has 4 aromatic rings. The Morgan fingerprint density at radius 2 is 1.75 bits per heavy atom. The second-order valence-electron chi connectivity index (χ2n) is 8.47. The number of hydrogen-bond donors (Lipinski definition) is 3. The van der Waals surface area contributed by atoms with Crippen LogP contribution in [0.3, 0.4) is 0 Å². The Morgan fingerprint density at radius 1 is 1.00 bits per heavy atom. The zero-order valence-electron chi connectivity index (χ0n) is 19.5. The van der Waals surface area contributed by atoms with Crippen LogP contribution in [0.5, 0.6) is 0 Å². The van der Waals surface area contributed by atoms with Crippen LogP contribution >= 0.6 is 0 Å². The van der Waals surface area contributed by atoms with Gasteiger partial charge in [-0.15, -0.1) is 0 Å². The summed E-state index contributed by atoms with van der Waals surface area (Å²) in [5.74, 6) is -1.19. The molecule has 3 N–H and O–H groups in total. The van der Waals surface area contributed by atoms with E-state index in [-0.39, 0.29) is 12.2 Å². The van der Waals surface area contributed by atoms with E-state index in [0.29, 0.717) is 59.4 Å². The number of aliphatic hydroxyl groups is 1. The SMILES string of the molecule is N#Cc1ccc(CNC(O)c2ccc3nc(-c4ccc(F)cc4)c(CCCCC(=O)O)nc3c2)cc1. The van der Waals surface area contributed by atoms with Gasteiger partial charge in [-0.3, -0.25) is 10.1 Å². The van der Waals surface area contributed by atoms with Gasteiger partial charge in [0.25, 0.3) is 0 Å². The van der Waals surface area contributed by atoms with Gasteiger partial charge in [0.2, 0.25) is 0 Å². The Balaban J connectivity index is 1.58. The summed E-state index contributed by atoms with van der Waals surface area (Å²) in [6, 6.07) is 20.6. The number of nitrogens with one attached hydrogen (secondary N) is 1. The molecule has 1 aromatic heterocycles. The van der Waals surface area contributed by atoms with E-state index < -0.39 is 12.2 Å². The number of aliphatic carboxylic acids is 1. The molecule has 0 amide bonds. The molecule has 0 aliphatic heterocycles. The molecule has 1 unspecified atom stereocenters. The van der Waals surface area contributed by atoms with Crippen molar-refractivity contribution in [2.45, 2.75) is 38.5 Å². The highest BCUT2D eigenvalue weighted by Crippen LogP contribution is 2.26. The minimum atomic E-state index is -0.942. The molecule has 8 heteroatoms. The molecule has 1 heterocycles. The predicted octanol–water partition coefficient (Wildman–Crippen LogP) is 4.89. The maximum atomic E-state index is 13.5. The molecular formula is C28H25FN4O3. The van der Waals surface area contributed by atoms with Crippen LogP contribution in [0.15, 0.2) is 66.7 Å². The van der Waals surface area contributed by atoms with Gasteiger partial charge in [-0.05, 0) is 78.9 Å². The van der Waals surface area contributed by atoms with Crippen molar-refractivity contribution in [2.75, 3.05) is 0 Å². The number of fused-ring (bicyclic) bond motifs is 1. The van der Waals surface area contributed by atoms with Crippen molar-refractivity contribution in [1.29, 1.82) is 5.26 Å². The Morgan fingerprint density at radius 3 is 2.44 bits per heavy atom. The predicted molar refractivity (Wildman–Crippen MR) is 133 cm³/mol. The van der Waals surface area contributed by atoms with Crippen molar-refractivity contribution in [3.63, 3.8) is 0 Å². The summed E-state index contributed by atoms with van der Waals surface area (Å²) in [5.41, 5.74) is 5.41. The lowest BCUT2D eigenvalue weighted by Gasteiger charge is -2.15. The third-order valence-electron chi connectivity index (χ3n) is 5.83. The van der Waals surface area contributed by atoms with Gasteiger partial charge in [-0.2, -0.15) is 5.26 Å². The molecule has 182 valence electrons. The zero-order valence-corrected chi connectivity index (χ0v) is 19.5. The van der Waals surface area contributed by atoms with Crippen molar-refractivity contribution in [1.82, 2.24) is 15.3 Å². The standard InChI is InChI=1S/C28H25FN4O3/c29-22-12-9-20(10-13-22)27-24(3-1-2-4-26(34)35)32-25-15-21(11-14-23(25)33-27)28(36)31-17-19-7-5-18(16-30)6-8-19/h5-15,28,31,36H,1-4,17H2,(H,34,35). The first-order valence-electron chi connectivity index (χ1n) is 11.6. The van der Waals surface area contributed by atoms with E-state index in [4.69, 9.17) is 20.3 Å². The van der Waals surface area contributed by atoms with Crippen LogP contribution in [0.25, 0.3) is 22.3 Å². The molecule has 0 bridgehead atoms. The third-order valence-corrected chi connectivity index (χ3v) is 5.83. The summed E-state index contributed by atoms with van der Waals surface area (Å²) in [6.07, 6.45) is 0.786. The number of hydrogen-bond acceptors (Lipinski definition) is 6. The normalized spacial score (nSPS) is 11.8. The molecule has 0 spiro atoms. The molecule has 0 radical (unpaired) electrons. The van der Waals surface area contributed by atoms with E-state index in [1.807, 2.05) is 12.1 Å². The van der Waals surface area contributed by atoms with E-state index in [0.717, 1.165) is 11.1 Å². The van der Waals surface area contributed by atoms with Crippen molar-refractivity contribution in [3.05, 3.63) is 94.9 Å². The van der Waals surface area contributed by atoms with Crippen molar-refractivity contribution in [3.8, 4) is 17.3 Å². The van der Waals surface area contributed by atoms with Crippen LogP contribution in [0, 0.1) is 17.1 Å². The van der Waals surface area contributed by atoms with Gasteiger partial charge in [0.15, 0.2) is 0 Å². The number of rotatable bonds is 10. The van der Waals surface area contributed by atoms with Crippen LogP contribution in [0.1, 0.15) is 47.9 Å². The highest BCUT2D eigenvalue weighted by atomic mass is 19.1. The number of aryl methyl sites for hydroxylation is 1. The number of carboxylic acids is 1. The first kappa shape index (κ1) is 24.9. The monoisotopic (exact) mass is 484 g/mol. The number of benzene rings is 3. The molecule has 0 aliphatic carbocycles. The van der Waals surface area contributed by atoms with E-state index >= 15 is 0 Å². The van der Waals surface area contributed by atoms with Crippen molar-refractivity contribution in [2.24, 2.45) is 0 Å². The molecule has 3 aromatic carbocycles. The van der Waals surface area contributed by atoms with E-state index in [9.17, 15) is 14.3 Å². The fraction of sp³-hybridized carbons (Fsp3) is 0.214. The number of nitriles is 1. The lowest BCUT2D eigenvalue weighted by atomic mass is 10.0. The Kier molecular flexibility index (Phi) is 7.95. The molecule has 0 saturated heterocycles. The van der Waals surface area contributed by atoms with Crippen LogP contribution < -0.4 is 5.32 Å². The fourth-order valence-electron chi connectivity index (χ4n) is 3.89. The summed E-state index contributed by atoms with van der Waals surface area (Å²) in [5, 5.41) is 31.6. The van der Waals surface area contributed by atoms with Crippen LogP contribution in [0.4, 0.5) is 4.39 Å². The van der Waals surface area contributed by atoms with Crippen LogP contribution in [0.2, 0.25) is 0 Å². The Hall–Kier alpha value is -4.19. The molecule has 4 rings (SSSR count). The number of carboxylic acid groups (broad SMARTS) is 1. The van der Waals surface area contributed by atoms with Crippen LogP contribution in [-0.2, 0) is 17.8 Å². The Bertz CT molecular complexity index is 1400. The second-order valence-corrected chi connectivity index (χ2v) is 8.47. The van der Waals surface area contributed by atoms with Gasteiger partial charge in [0, 0.05) is 18.5 Å². The van der Waals surface area contributed by atoms with Gasteiger partial charge < -0.3 is 10.2 Å². The molecule has 1 atom stereocenters. The topological polar surface area (TPSA) is 119 Å². The first-order valence-corrected chi connectivity index (χ1v) is 11.6. The maximum absolute atomic E-state index is 13.5. The second kappa shape index (κ2) is 11.5. The van der Waals surface area contributed by atoms with Crippen molar-refractivity contribution < 1.29 is 19.4 Å². The lowest BCUT2D eigenvalue weighted by Crippen LogP contribution is -2.20. The first-order chi connectivity index (χ1) is 17.4. The number of aromatic nitrogens is 2. The summed E-state index contributed by atoms with van der Waals surface area (Å²) >= 11 is 0. The van der Waals surface area contributed by atoms with Gasteiger partial charge in [0.05, 0.1) is 34.1 Å². The molecule has 0 fully saturated rings. The largest absolute Gasteiger partial charge is 0.481 e. The molecule has 0 saturated carbocycles.